The maximum absolute atomic E-state index is 8.79. The molecule has 1 unspecified atom stereocenters. The molecule has 0 saturated heterocycles. The predicted octanol–water partition coefficient (Wildman–Crippen LogP) is 2.96. The summed E-state index contributed by atoms with van der Waals surface area (Å²) in [5.41, 5.74) is 8.39. The summed E-state index contributed by atoms with van der Waals surface area (Å²) >= 11 is 0. The number of hydrogen-bond donors (Lipinski definition) is 3. The Bertz CT molecular complexity index is 659. The van der Waals surface area contributed by atoms with Crippen molar-refractivity contribution >= 4 is 11.5 Å². The van der Waals surface area contributed by atoms with E-state index in [2.05, 4.69) is 16.4 Å². The van der Waals surface area contributed by atoms with Crippen molar-refractivity contribution in [2.24, 2.45) is 10.9 Å². The largest absolute Gasteiger partial charge is 0.409 e. The Morgan fingerprint density at radius 2 is 2.00 bits per heavy atom. The molecule has 21 heavy (non-hydrogen) atoms. The molecule has 4 N–H and O–H groups in total. The minimum atomic E-state index is -0.102. The van der Waals surface area contributed by atoms with Gasteiger partial charge in [0, 0.05) is 17.7 Å². The average Bonchev–Trinajstić information content (AvgIpc) is 2.55. The van der Waals surface area contributed by atoms with Crippen molar-refractivity contribution in [3.05, 3.63) is 65.7 Å². The fourth-order valence-corrected chi connectivity index (χ4v) is 2.09. The van der Waals surface area contributed by atoms with Crippen LogP contribution in [0.4, 0.5) is 5.69 Å². The van der Waals surface area contributed by atoms with Crippen molar-refractivity contribution in [3.8, 4) is 12.3 Å². The molecule has 2 aromatic carbocycles. The Kier molecular flexibility index (Phi) is 4.84. The maximum atomic E-state index is 8.79. The minimum absolute atomic E-state index is 0.102. The molecule has 0 aromatic heterocycles. The van der Waals surface area contributed by atoms with Gasteiger partial charge in [0.05, 0.1) is 6.04 Å². The molecule has 2 rings (SSSR count). The highest BCUT2D eigenvalue weighted by atomic mass is 16.4. The molecule has 0 aliphatic heterocycles. The van der Waals surface area contributed by atoms with Crippen LogP contribution < -0.4 is 11.1 Å². The number of amidine groups is 1. The van der Waals surface area contributed by atoms with Crippen LogP contribution in [0, 0.1) is 12.3 Å². The zero-order chi connectivity index (χ0) is 15.1. The predicted molar refractivity (Wildman–Crippen MR) is 85.2 cm³/mol. The first-order chi connectivity index (χ1) is 10.2. The molecule has 0 bridgehead atoms. The third-order valence-corrected chi connectivity index (χ3v) is 3.11. The summed E-state index contributed by atoms with van der Waals surface area (Å²) in [4.78, 5) is 0. The summed E-state index contributed by atoms with van der Waals surface area (Å²) < 4.78 is 0. The minimum Gasteiger partial charge on any atom is -0.409 e. The molecule has 0 spiro atoms. The zero-order valence-corrected chi connectivity index (χ0v) is 11.5. The van der Waals surface area contributed by atoms with E-state index in [-0.39, 0.29) is 11.9 Å². The molecule has 0 heterocycles. The van der Waals surface area contributed by atoms with E-state index >= 15 is 0 Å². The summed E-state index contributed by atoms with van der Waals surface area (Å²) in [5, 5.41) is 15.2. The first-order valence-corrected chi connectivity index (χ1v) is 6.57. The molecule has 0 saturated carbocycles. The van der Waals surface area contributed by atoms with E-state index in [0.717, 1.165) is 16.8 Å². The Morgan fingerprint density at radius 3 is 2.67 bits per heavy atom. The molecular weight excluding hydrogens is 262 g/mol. The van der Waals surface area contributed by atoms with Gasteiger partial charge >= 0.3 is 0 Å². The second-order valence-electron chi connectivity index (χ2n) is 4.63. The highest BCUT2D eigenvalue weighted by Crippen LogP contribution is 2.23. The van der Waals surface area contributed by atoms with Gasteiger partial charge < -0.3 is 16.3 Å². The molecule has 0 amide bonds. The highest BCUT2D eigenvalue weighted by molar-refractivity contribution is 5.80. The fraction of sp³-hybridized carbons (Fsp3) is 0.118. The van der Waals surface area contributed by atoms with Gasteiger partial charge in [-0.25, -0.2) is 0 Å². The summed E-state index contributed by atoms with van der Waals surface area (Å²) in [6.07, 6.45) is 5.80. The fourth-order valence-electron chi connectivity index (χ4n) is 2.09. The van der Waals surface area contributed by atoms with E-state index < -0.39 is 0 Å². The number of nitrogens with two attached hydrogens (primary N) is 1. The Hall–Kier alpha value is -2.93. The molecule has 0 aliphatic carbocycles. The van der Waals surface area contributed by atoms with Crippen molar-refractivity contribution in [2.75, 3.05) is 5.32 Å². The number of anilines is 1. The van der Waals surface area contributed by atoms with Crippen LogP contribution in [-0.2, 0) is 0 Å². The van der Waals surface area contributed by atoms with Gasteiger partial charge in [-0.2, -0.15) is 0 Å². The second-order valence-corrected chi connectivity index (χ2v) is 4.63. The van der Waals surface area contributed by atoms with Crippen molar-refractivity contribution in [2.45, 2.75) is 12.5 Å². The van der Waals surface area contributed by atoms with Crippen LogP contribution >= 0.6 is 0 Å². The molecule has 0 aliphatic rings. The maximum Gasteiger partial charge on any atom is 0.141 e. The van der Waals surface area contributed by atoms with Crippen LogP contribution in [0.1, 0.15) is 23.6 Å². The number of oxime groups is 1. The molecule has 0 fully saturated rings. The molecule has 4 heteroatoms. The van der Waals surface area contributed by atoms with Gasteiger partial charge in [-0.05, 0) is 23.8 Å². The smallest absolute Gasteiger partial charge is 0.141 e. The SMILES string of the molecule is C#Cc1cccc(NC(CC(N)=NO)c2ccccc2)c1. The number of benzene rings is 2. The standard InChI is InChI=1S/C17H17N3O/c1-2-13-7-6-10-15(11-13)19-16(12-17(18)20-21)14-8-4-3-5-9-14/h1,3-11,16,19,21H,12H2,(H2,18,20). The van der Waals surface area contributed by atoms with Gasteiger partial charge in [0.1, 0.15) is 5.84 Å². The Labute approximate surface area is 124 Å². The van der Waals surface area contributed by atoms with Gasteiger partial charge in [-0.15, -0.1) is 6.42 Å². The molecule has 2 aromatic rings. The summed E-state index contributed by atoms with van der Waals surface area (Å²) in [7, 11) is 0. The third kappa shape index (κ3) is 4.02. The average molecular weight is 279 g/mol. The molecular formula is C17H17N3O. The number of rotatable bonds is 5. The lowest BCUT2D eigenvalue weighted by atomic mass is 10.0. The van der Waals surface area contributed by atoms with E-state index in [1.807, 2.05) is 54.6 Å². The summed E-state index contributed by atoms with van der Waals surface area (Å²) in [6.45, 7) is 0. The van der Waals surface area contributed by atoms with Crippen LogP contribution in [0.25, 0.3) is 0 Å². The van der Waals surface area contributed by atoms with E-state index in [1.54, 1.807) is 0 Å². The molecule has 1 atom stereocenters. The van der Waals surface area contributed by atoms with E-state index in [1.165, 1.54) is 0 Å². The first-order valence-electron chi connectivity index (χ1n) is 6.57. The van der Waals surface area contributed by atoms with Crippen molar-refractivity contribution in [3.63, 3.8) is 0 Å². The van der Waals surface area contributed by atoms with Crippen molar-refractivity contribution in [1.82, 2.24) is 0 Å². The van der Waals surface area contributed by atoms with Gasteiger partial charge in [0.15, 0.2) is 0 Å². The lowest BCUT2D eigenvalue weighted by Gasteiger charge is -2.20. The summed E-state index contributed by atoms with van der Waals surface area (Å²) in [5.74, 6) is 2.77. The van der Waals surface area contributed by atoms with Crippen molar-refractivity contribution < 1.29 is 5.21 Å². The highest BCUT2D eigenvalue weighted by Gasteiger charge is 2.13. The van der Waals surface area contributed by atoms with E-state index in [4.69, 9.17) is 17.4 Å². The van der Waals surface area contributed by atoms with E-state index in [9.17, 15) is 0 Å². The van der Waals surface area contributed by atoms with Crippen LogP contribution in [0.2, 0.25) is 0 Å². The van der Waals surface area contributed by atoms with E-state index in [0.29, 0.717) is 6.42 Å². The van der Waals surface area contributed by atoms with Crippen LogP contribution in [0.3, 0.4) is 0 Å². The number of hydrogen-bond acceptors (Lipinski definition) is 3. The van der Waals surface area contributed by atoms with Gasteiger partial charge in [-0.3, -0.25) is 0 Å². The second kappa shape index (κ2) is 7.01. The van der Waals surface area contributed by atoms with Crippen LogP contribution in [-0.4, -0.2) is 11.0 Å². The Balaban J connectivity index is 2.25. The van der Waals surface area contributed by atoms with Gasteiger partial charge in [0.25, 0.3) is 0 Å². The number of nitrogens with zero attached hydrogens (tertiary/aromatic N) is 1. The molecule has 106 valence electrons. The number of terminal acetylenes is 1. The lowest BCUT2D eigenvalue weighted by Crippen LogP contribution is -2.21. The monoisotopic (exact) mass is 279 g/mol. The van der Waals surface area contributed by atoms with Crippen molar-refractivity contribution in [1.29, 1.82) is 0 Å². The van der Waals surface area contributed by atoms with Gasteiger partial charge in [-0.1, -0.05) is 47.5 Å². The summed E-state index contributed by atoms with van der Waals surface area (Å²) in [6, 6.07) is 17.3. The van der Waals surface area contributed by atoms with Crippen LogP contribution in [0.15, 0.2) is 59.8 Å². The third-order valence-electron chi connectivity index (χ3n) is 3.11. The normalized spacial score (nSPS) is 12.4. The quantitative estimate of drug-likeness (QED) is 0.259. The molecule has 0 radical (unpaired) electrons. The first kappa shape index (κ1) is 14.5. The lowest BCUT2D eigenvalue weighted by molar-refractivity contribution is 0.316. The Morgan fingerprint density at radius 1 is 1.24 bits per heavy atom. The topological polar surface area (TPSA) is 70.6 Å². The van der Waals surface area contributed by atoms with Gasteiger partial charge in [0.2, 0.25) is 0 Å². The number of nitrogens with one attached hydrogen (secondary N) is 1. The zero-order valence-electron chi connectivity index (χ0n) is 11.5. The molecule has 4 nitrogen and oxygen atoms in total. The van der Waals surface area contributed by atoms with Crippen LogP contribution in [0.5, 0.6) is 0 Å².